The number of ether oxygens (including phenoxy) is 2. The largest absolute Gasteiger partial charge is 0.492 e. The highest BCUT2D eigenvalue weighted by Gasteiger charge is 2.34. The van der Waals surface area contributed by atoms with Gasteiger partial charge in [-0.3, -0.25) is 9.78 Å². The lowest BCUT2D eigenvalue weighted by molar-refractivity contribution is -0.116. The third kappa shape index (κ3) is 7.81. The minimum atomic E-state index is -0.351. The number of nitriles is 1. The van der Waals surface area contributed by atoms with Gasteiger partial charge in [0.05, 0.1) is 35.3 Å². The molecule has 1 aliphatic heterocycles. The van der Waals surface area contributed by atoms with Crippen LogP contribution in [0.2, 0.25) is 5.02 Å². The number of hydrogen-bond acceptors (Lipinski definition) is 8. The predicted molar refractivity (Wildman–Crippen MR) is 163 cm³/mol. The molecule has 0 aliphatic carbocycles. The van der Waals surface area contributed by atoms with E-state index in [-0.39, 0.29) is 17.9 Å². The van der Waals surface area contributed by atoms with Crippen molar-refractivity contribution >= 4 is 34.6 Å². The minimum Gasteiger partial charge on any atom is -0.492 e. The molecule has 0 saturated carbocycles. The standard InChI is InChI=1S/C31H37ClN6O3/c1-5-40-29-17-27-24(16-26(29)36-30(39)7-6-14-37(2)3)31(22(18-33)19-38(27)4)35-23-8-9-28(25(32)15-23)41-20-21-10-12-34-13-11-21/h8-13,15-17,22,31,35H,5-7,14,19-20H2,1-4H3,(H,36,39). The van der Waals surface area contributed by atoms with Gasteiger partial charge in [0.15, 0.2) is 0 Å². The third-order valence-electron chi connectivity index (χ3n) is 6.89. The quantitative estimate of drug-likeness (QED) is 0.281. The number of carbonyl (C=O) groups excluding carboxylic acids is 1. The minimum absolute atomic E-state index is 0.0765. The van der Waals surface area contributed by atoms with Crippen molar-refractivity contribution in [1.29, 1.82) is 5.26 Å². The smallest absolute Gasteiger partial charge is 0.224 e. The first-order valence-corrected chi connectivity index (χ1v) is 14.1. The van der Waals surface area contributed by atoms with Gasteiger partial charge in [0, 0.05) is 55.4 Å². The van der Waals surface area contributed by atoms with E-state index in [4.69, 9.17) is 21.1 Å². The van der Waals surface area contributed by atoms with E-state index in [1.165, 1.54) is 0 Å². The van der Waals surface area contributed by atoms with Crippen LogP contribution in [0.1, 0.15) is 36.9 Å². The Morgan fingerprint density at radius 2 is 1.95 bits per heavy atom. The Morgan fingerprint density at radius 1 is 1.17 bits per heavy atom. The van der Waals surface area contributed by atoms with Gasteiger partial charge in [-0.2, -0.15) is 5.26 Å². The number of nitrogens with zero attached hydrogens (tertiary/aromatic N) is 4. The monoisotopic (exact) mass is 576 g/mol. The average Bonchev–Trinajstić information content (AvgIpc) is 2.95. The Hall–Kier alpha value is -4.00. The number of carbonyl (C=O) groups is 1. The van der Waals surface area contributed by atoms with Crippen molar-refractivity contribution in [3.8, 4) is 17.6 Å². The summed E-state index contributed by atoms with van der Waals surface area (Å²) in [5, 5.41) is 17.1. The maximum atomic E-state index is 12.8. The van der Waals surface area contributed by atoms with Gasteiger partial charge < -0.3 is 29.9 Å². The van der Waals surface area contributed by atoms with E-state index in [9.17, 15) is 10.1 Å². The van der Waals surface area contributed by atoms with Crippen LogP contribution >= 0.6 is 11.6 Å². The third-order valence-corrected chi connectivity index (χ3v) is 7.19. The molecule has 2 aromatic carbocycles. The van der Waals surface area contributed by atoms with Crippen molar-refractivity contribution in [2.75, 3.05) is 56.4 Å². The molecule has 0 saturated heterocycles. The summed E-state index contributed by atoms with van der Waals surface area (Å²) in [6, 6.07) is 15.3. The van der Waals surface area contributed by atoms with Crippen molar-refractivity contribution in [3.63, 3.8) is 0 Å². The first-order chi connectivity index (χ1) is 19.8. The van der Waals surface area contributed by atoms with Gasteiger partial charge in [0.2, 0.25) is 5.91 Å². The highest BCUT2D eigenvalue weighted by molar-refractivity contribution is 6.32. The van der Waals surface area contributed by atoms with Crippen LogP contribution in [-0.2, 0) is 11.4 Å². The van der Waals surface area contributed by atoms with Crippen LogP contribution in [0.5, 0.6) is 11.5 Å². The van der Waals surface area contributed by atoms with Crippen LogP contribution in [0.3, 0.4) is 0 Å². The van der Waals surface area contributed by atoms with E-state index in [0.29, 0.717) is 48.4 Å². The second-order valence-electron chi connectivity index (χ2n) is 10.3. The molecule has 0 spiro atoms. The molecule has 1 aliphatic rings. The molecule has 0 radical (unpaired) electrons. The number of hydrogen-bond donors (Lipinski definition) is 2. The van der Waals surface area contributed by atoms with Crippen molar-refractivity contribution in [2.24, 2.45) is 5.92 Å². The fourth-order valence-electron chi connectivity index (χ4n) is 4.84. The number of amides is 1. The zero-order valence-electron chi connectivity index (χ0n) is 24.0. The molecule has 9 nitrogen and oxygen atoms in total. The summed E-state index contributed by atoms with van der Waals surface area (Å²) in [6.45, 7) is 4.11. The highest BCUT2D eigenvalue weighted by atomic mass is 35.5. The molecular formula is C31H37ClN6O3. The van der Waals surface area contributed by atoms with E-state index in [1.54, 1.807) is 18.5 Å². The number of fused-ring (bicyclic) bond motifs is 1. The normalized spacial score (nSPS) is 16.1. The molecule has 1 aromatic heterocycles. The highest BCUT2D eigenvalue weighted by Crippen LogP contribution is 2.44. The summed E-state index contributed by atoms with van der Waals surface area (Å²) >= 11 is 6.59. The molecule has 2 heterocycles. The van der Waals surface area contributed by atoms with Crippen molar-refractivity contribution < 1.29 is 14.3 Å². The Labute approximate surface area is 247 Å². The number of halogens is 1. The van der Waals surface area contributed by atoms with Crippen molar-refractivity contribution in [1.82, 2.24) is 9.88 Å². The Bertz CT molecular complexity index is 1380. The summed E-state index contributed by atoms with van der Waals surface area (Å²) in [7, 11) is 5.93. The Balaban J connectivity index is 1.58. The molecule has 0 bridgehead atoms. The predicted octanol–water partition coefficient (Wildman–Crippen LogP) is 5.74. The first kappa shape index (κ1) is 30.0. The van der Waals surface area contributed by atoms with Gasteiger partial charge in [0.1, 0.15) is 18.1 Å². The zero-order valence-corrected chi connectivity index (χ0v) is 24.7. The Kier molecular flexibility index (Phi) is 10.3. The van der Waals surface area contributed by atoms with E-state index >= 15 is 0 Å². The summed E-state index contributed by atoms with van der Waals surface area (Å²) in [4.78, 5) is 20.9. The first-order valence-electron chi connectivity index (χ1n) is 13.7. The van der Waals surface area contributed by atoms with Crippen LogP contribution in [0.15, 0.2) is 54.9 Å². The fourth-order valence-corrected chi connectivity index (χ4v) is 5.08. The fraction of sp³-hybridized carbons (Fsp3) is 0.387. The lowest BCUT2D eigenvalue weighted by Crippen LogP contribution is -2.37. The second kappa shape index (κ2) is 14.1. The van der Waals surface area contributed by atoms with Crippen molar-refractivity contribution in [2.45, 2.75) is 32.4 Å². The number of aromatic nitrogens is 1. The number of nitrogens with one attached hydrogen (secondary N) is 2. The van der Waals surface area contributed by atoms with Crippen LogP contribution < -0.4 is 25.0 Å². The molecule has 10 heteroatoms. The molecule has 1 amide bonds. The summed E-state index contributed by atoms with van der Waals surface area (Å²) in [5.74, 6) is 0.741. The second-order valence-corrected chi connectivity index (χ2v) is 10.7. The maximum absolute atomic E-state index is 12.8. The van der Waals surface area contributed by atoms with E-state index in [1.807, 2.05) is 64.5 Å². The molecule has 3 aromatic rings. The van der Waals surface area contributed by atoms with Crippen LogP contribution in [0.25, 0.3) is 0 Å². The Morgan fingerprint density at radius 3 is 2.63 bits per heavy atom. The maximum Gasteiger partial charge on any atom is 0.224 e. The number of anilines is 3. The van der Waals surface area contributed by atoms with Crippen LogP contribution in [0, 0.1) is 17.2 Å². The molecule has 41 heavy (non-hydrogen) atoms. The molecule has 2 atom stereocenters. The van der Waals surface area contributed by atoms with E-state index in [0.717, 1.165) is 35.5 Å². The summed E-state index contributed by atoms with van der Waals surface area (Å²) < 4.78 is 11.8. The summed E-state index contributed by atoms with van der Waals surface area (Å²) in [5.41, 5.74) is 4.18. The lowest BCUT2D eigenvalue weighted by atomic mass is 9.87. The van der Waals surface area contributed by atoms with Crippen LogP contribution in [0.4, 0.5) is 17.1 Å². The lowest BCUT2D eigenvalue weighted by Gasteiger charge is -2.38. The number of benzene rings is 2. The molecule has 2 N–H and O–H groups in total. The molecule has 216 valence electrons. The van der Waals surface area contributed by atoms with Gasteiger partial charge in [0.25, 0.3) is 0 Å². The summed E-state index contributed by atoms with van der Waals surface area (Å²) in [6.07, 6.45) is 4.59. The zero-order chi connectivity index (χ0) is 29.4. The van der Waals surface area contributed by atoms with E-state index in [2.05, 4.69) is 31.5 Å². The van der Waals surface area contributed by atoms with E-state index < -0.39 is 0 Å². The van der Waals surface area contributed by atoms with Crippen LogP contribution in [-0.4, -0.2) is 56.6 Å². The molecule has 2 unspecified atom stereocenters. The SMILES string of the molecule is CCOc1cc2c(cc1NC(=O)CCCN(C)C)C(Nc1ccc(OCc3ccncc3)c(Cl)c1)C(C#N)CN2C. The van der Waals surface area contributed by atoms with Gasteiger partial charge in [-0.15, -0.1) is 0 Å². The van der Waals surface area contributed by atoms with Gasteiger partial charge >= 0.3 is 0 Å². The number of rotatable bonds is 12. The molecule has 0 fully saturated rings. The topological polar surface area (TPSA) is 103 Å². The number of pyridine rings is 1. The molecule has 4 rings (SSSR count). The van der Waals surface area contributed by atoms with Gasteiger partial charge in [-0.25, -0.2) is 0 Å². The van der Waals surface area contributed by atoms with Crippen molar-refractivity contribution in [3.05, 3.63) is 71.0 Å². The molecular weight excluding hydrogens is 540 g/mol. The van der Waals surface area contributed by atoms with Gasteiger partial charge in [-0.05, 0) is 75.9 Å². The average molecular weight is 577 g/mol. The van der Waals surface area contributed by atoms with Gasteiger partial charge in [-0.1, -0.05) is 11.6 Å².